The second kappa shape index (κ2) is 5.54. The van der Waals surface area contributed by atoms with Crippen LogP contribution in [0.4, 0.5) is 8.78 Å². The summed E-state index contributed by atoms with van der Waals surface area (Å²) in [4.78, 5) is 0. The molecular weight excluding hydrogens is 250 g/mol. The Bertz CT molecular complexity index is 420. The fourth-order valence-electron chi connectivity index (χ4n) is 2.91. The third-order valence-electron chi connectivity index (χ3n) is 4.07. The Hall–Kier alpha value is -1.01. The number of hydrazine groups is 1. The molecule has 108 valence electrons. The SMILES string of the molecule is Cc1cc(CC(NN)C2CCC(F)(F)CC2)n(C)n1. The molecule has 1 aliphatic carbocycles. The van der Waals surface area contributed by atoms with Gasteiger partial charge in [-0.05, 0) is 31.7 Å². The van der Waals surface area contributed by atoms with Crippen LogP contribution in [0.3, 0.4) is 0 Å². The van der Waals surface area contributed by atoms with Crippen LogP contribution in [-0.4, -0.2) is 21.7 Å². The highest BCUT2D eigenvalue weighted by molar-refractivity contribution is 5.10. The summed E-state index contributed by atoms with van der Waals surface area (Å²) in [5, 5.41) is 4.29. The lowest BCUT2D eigenvalue weighted by Gasteiger charge is -2.33. The first-order valence-corrected chi connectivity index (χ1v) is 6.75. The van der Waals surface area contributed by atoms with E-state index >= 15 is 0 Å². The van der Waals surface area contributed by atoms with E-state index in [9.17, 15) is 8.78 Å². The Morgan fingerprint density at radius 3 is 2.63 bits per heavy atom. The number of aromatic nitrogens is 2. The topological polar surface area (TPSA) is 55.9 Å². The van der Waals surface area contributed by atoms with Crippen LogP contribution in [0.5, 0.6) is 0 Å². The highest BCUT2D eigenvalue weighted by Gasteiger charge is 2.37. The van der Waals surface area contributed by atoms with E-state index in [0.717, 1.165) is 17.8 Å². The van der Waals surface area contributed by atoms with Crippen molar-refractivity contribution in [3.8, 4) is 0 Å². The average Bonchev–Trinajstić information content (AvgIpc) is 2.65. The Morgan fingerprint density at radius 1 is 1.53 bits per heavy atom. The van der Waals surface area contributed by atoms with Gasteiger partial charge in [0.1, 0.15) is 0 Å². The maximum atomic E-state index is 13.2. The lowest BCUT2D eigenvalue weighted by molar-refractivity contribution is -0.0496. The zero-order valence-corrected chi connectivity index (χ0v) is 11.5. The van der Waals surface area contributed by atoms with Crippen molar-refractivity contribution < 1.29 is 8.78 Å². The second-order valence-electron chi connectivity index (χ2n) is 5.57. The molecule has 0 spiro atoms. The number of hydrogen-bond donors (Lipinski definition) is 2. The second-order valence-corrected chi connectivity index (χ2v) is 5.57. The number of alkyl halides is 2. The van der Waals surface area contributed by atoms with Gasteiger partial charge in [-0.3, -0.25) is 16.0 Å². The van der Waals surface area contributed by atoms with Gasteiger partial charge in [0.15, 0.2) is 0 Å². The smallest absolute Gasteiger partial charge is 0.248 e. The predicted molar refractivity (Wildman–Crippen MR) is 69.7 cm³/mol. The number of halogens is 2. The summed E-state index contributed by atoms with van der Waals surface area (Å²) in [6.45, 7) is 1.94. The van der Waals surface area contributed by atoms with Crippen molar-refractivity contribution in [2.24, 2.45) is 18.8 Å². The Morgan fingerprint density at radius 2 is 2.16 bits per heavy atom. The van der Waals surface area contributed by atoms with Crippen molar-refractivity contribution in [2.75, 3.05) is 0 Å². The minimum Gasteiger partial charge on any atom is -0.272 e. The average molecular weight is 272 g/mol. The molecule has 1 fully saturated rings. The first-order valence-electron chi connectivity index (χ1n) is 6.75. The van der Waals surface area contributed by atoms with E-state index in [4.69, 9.17) is 5.84 Å². The fraction of sp³-hybridized carbons (Fsp3) is 0.769. The summed E-state index contributed by atoms with van der Waals surface area (Å²) in [6, 6.07) is 2.05. The van der Waals surface area contributed by atoms with Crippen LogP contribution < -0.4 is 11.3 Å². The van der Waals surface area contributed by atoms with Gasteiger partial charge in [-0.15, -0.1) is 0 Å². The molecular formula is C13H22F2N4. The molecule has 1 atom stereocenters. The summed E-state index contributed by atoms with van der Waals surface area (Å²) < 4.78 is 28.2. The van der Waals surface area contributed by atoms with E-state index in [1.807, 2.05) is 24.7 Å². The van der Waals surface area contributed by atoms with E-state index in [1.165, 1.54) is 0 Å². The summed E-state index contributed by atoms with van der Waals surface area (Å²) >= 11 is 0. The van der Waals surface area contributed by atoms with Crippen LogP contribution in [0.25, 0.3) is 0 Å². The van der Waals surface area contributed by atoms with Crippen LogP contribution in [0.1, 0.15) is 37.1 Å². The van der Waals surface area contributed by atoms with Crippen molar-refractivity contribution in [2.45, 2.75) is 51.0 Å². The van der Waals surface area contributed by atoms with Gasteiger partial charge < -0.3 is 0 Å². The molecule has 0 saturated heterocycles. The van der Waals surface area contributed by atoms with Crippen molar-refractivity contribution in [3.05, 3.63) is 17.5 Å². The highest BCUT2D eigenvalue weighted by Crippen LogP contribution is 2.37. The van der Waals surface area contributed by atoms with Crippen LogP contribution in [-0.2, 0) is 13.5 Å². The summed E-state index contributed by atoms with van der Waals surface area (Å²) in [5.41, 5.74) is 4.84. The molecule has 19 heavy (non-hydrogen) atoms. The maximum absolute atomic E-state index is 13.2. The van der Waals surface area contributed by atoms with Gasteiger partial charge in [-0.2, -0.15) is 5.10 Å². The molecule has 0 amide bonds. The minimum atomic E-state index is -2.49. The fourth-order valence-corrected chi connectivity index (χ4v) is 2.91. The molecule has 1 heterocycles. The van der Waals surface area contributed by atoms with E-state index in [0.29, 0.717) is 12.8 Å². The predicted octanol–water partition coefficient (Wildman–Crippen LogP) is 1.93. The largest absolute Gasteiger partial charge is 0.272 e. The molecule has 0 radical (unpaired) electrons. The Balaban J connectivity index is 1.99. The van der Waals surface area contributed by atoms with Crippen molar-refractivity contribution in [1.82, 2.24) is 15.2 Å². The summed E-state index contributed by atoms with van der Waals surface area (Å²) in [5.74, 6) is 3.33. The molecule has 1 aromatic heterocycles. The molecule has 1 aromatic rings. The van der Waals surface area contributed by atoms with Gasteiger partial charge in [0.25, 0.3) is 0 Å². The van der Waals surface area contributed by atoms with E-state index in [-0.39, 0.29) is 24.8 Å². The summed E-state index contributed by atoms with van der Waals surface area (Å²) in [6.07, 6.45) is 1.72. The number of rotatable bonds is 4. The van der Waals surface area contributed by atoms with Crippen molar-refractivity contribution in [3.63, 3.8) is 0 Å². The van der Waals surface area contributed by atoms with Crippen molar-refractivity contribution in [1.29, 1.82) is 0 Å². The van der Waals surface area contributed by atoms with Crippen molar-refractivity contribution >= 4 is 0 Å². The molecule has 0 bridgehead atoms. The molecule has 6 heteroatoms. The molecule has 0 aromatic carbocycles. The normalized spacial score (nSPS) is 21.5. The van der Waals surface area contributed by atoms with Gasteiger partial charge >= 0.3 is 0 Å². The highest BCUT2D eigenvalue weighted by atomic mass is 19.3. The molecule has 0 aliphatic heterocycles. The van der Waals surface area contributed by atoms with E-state index < -0.39 is 5.92 Å². The van der Waals surface area contributed by atoms with E-state index in [1.54, 1.807) is 0 Å². The lowest BCUT2D eigenvalue weighted by atomic mass is 9.81. The van der Waals surface area contributed by atoms with Gasteiger partial charge in [0.2, 0.25) is 5.92 Å². The van der Waals surface area contributed by atoms with E-state index in [2.05, 4.69) is 10.5 Å². The van der Waals surface area contributed by atoms with Crippen LogP contribution in [0.15, 0.2) is 6.07 Å². The third-order valence-corrected chi connectivity index (χ3v) is 4.07. The van der Waals surface area contributed by atoms with Crippen LogP contribution in [0.2, 0.25) is 0 Å². The monoisotopic (exact) mass is 272 g/mol. The molecule has 3 N–H and O–H groups in total. The third kappa shape index (κ3) is 3.51. The standard InChI is InChI=1S/C13H22F2N4/c1-9-7-11(19(2)18-9)8-12(17-16)10-3-5-13(14,15)6-4-10/h7,10,12,17H,3-6,8,16H2,1-2H3. The first kappa shape index (κ1) is 14.4. The number of nitrogens with two attached hydrogens (primary N) is 1. The molecule has 1 saturated carbocycles. The zero-order valence-electron chi connectivity index (χ0n) is 11.5. The Kier molecular flexibility index (Phi) is 4.20. The number of nitrogens with zero attached hydrogens (tertiary/aromatic N) is 2. The first-order chi connectivity index (χ1) is 8.91. The molecule has 2 rings (SSSR count). The number of hydrogen-bond acceptors (Lipinski definition) is 3. The molecule has 4 nitrogen and oxygen atoms in total. The van der Waals surface area contributed by atoms with Gasteiger partial charge in [-0.1, -0.05) is 0 Å². The lowest BCUT2D eigenvalue weighted by Crippen LogP contribution is -2.45. The van der Waals surface area contributed by atoms with Gasteiger partial charge in [-0.25, -0.2) is 8.78 Å². The number of aryl methyl sites for hydroxylation is 2. The Labute approximate surface area is 112 Å². The quantitative estimate of drug-likeness (QED) is 0.650. The maximum Gasteiger partial charge on any atom is 0.248 e. The van der Waals surface area contributed by atoms with Crippen LogP contribution in [0, 0.1) is 12.8 Å². The van der Waals surface area contributed by atoms with Crippen LogP contribution >= 0.6 is 0 Å². The number of nitrogens with one attached hydrogen (secondary N) is 1. The molecule has 1 aliphatic rings. The van der Waals surface area contributed by atoms with Gasteiger partial charge in [0, 0.05) is 38.0 Å². The zero-order chi connectivity index (χ0) is 14.0. The van der Waals surface area contributed by atoms with Gasteiger partial charge in [0.05, 0.1) is 5.69 Å². The minimum absolute atomic E-state index is 0.0275. The molecule has 1 unspecified atom stereocenters. The summed E-state index contributed by atoms with van der Waals surface area (Å²) in [7, 11) is 1.89.